The van der Waals surface area contributed by atoms with Gasteiger partial charge in [0.25, 0.3) is 0 Å². The molecule has 0 aliphatic heterocycles. The van der Waals surface area contributed by atoms with E-state index in [2.05, 4.69) is 5.32 Å². The molecule has 1 N–H and O–H groups in total. The molecule has 0 aromatic heterocycles. The molecule has 2 rings (SSSR count). The Morgan fingerprint density at radius 3 is 2.23 bits per heavy atom. The van der Waals surface area contributed by atoms with E-state index in [9.17, 15) is 14.0 Å². The maximum Gasteiger partial charge on any atom is 0.224 e. The van der Waals surface area contributed by atoms with Gasteiger partial charge in [-0.05, 0) is 42.5 Å². The minimum Gasteiger partial charge on any atom is -0.324 e. The topological polar surface area (TPSA) is 46.2 Å². The number of anilines is 1. The number of amides is 1. The first-order valence-corrected chi connectivity index (χ1v) is 7.25. The van der Waals surface area contributed by atoms with Crippen LogP contribution in [-0.2, 0) is 4.79 Å². The van der Waals surface area contributed by atoms with Gasteiger partial charge in [-0.3, -0.25) is 9.59 Å². The molecular formula is C16H12Cl2FNO2. The SMILES string of the molecule is O=C(CCC(=O)c1ccc(Cl)cc1)Nc1ccc(Cl)cc1F. The zero-order valence-electron chi connectivity index (χ0n) is 11.4. The van der Waals surface area contributed by atoms with Gasteiger partial charge in [-0.15, -0.1) is 0 Å². The van der Waals surface area contributed by atoms with Gasteiger partial charge in [-0.25, -0.2) is 4.39 Å². The predicted octanol–water partition coefficient (Wildman–Crippen LogP) is 4.73. The van der Waals surface area contributed by atoms with E-state index >= 15 is 0 Å². The summed E-state index contributed by atoms with van der Waals surface area (Å²) in [5, 5.41) is 3.19. The first-order chi connectivity index (χ1) is 10.5. The Balaban J connectivity index is 1.89. The number of carbonyl (C=O) groups excluding carboxylic acids is 2. The molecule has 0 spiro atoms. The number of Topliss-reactive ketones (excluding diaryl/α,β-unsaturated/α-hetero) is 1. The fourth-order valence-corrected chi connectivity index (χ4v) is 2.10. The number of rotatable bonds is 5. The summed E-state index contributed by atoms with van der Waals surface area (Å²) in [6, 6.07) is 10.4. The first-order valence-electron chi connectivity index (χ1n) is 6.49. The highest BCUT2D eigenvalue weighted by atomic mass is 35.5. The van der Waals surface area contributed by atoms with Crippen LogP contribution >= 0.6 is 23.2 Å². The van der Waals surface area contributed by atoms with E-state index < -0.39 is 11.7 Å². The van der Waals surface area contributed by atoms with Crippen molar-refractivity contribution in [2.24, 2.45) is 0 Å². The molecule has 2 aromatic rings. The number of benzene rings is 2. The van der Waals surface area contributed by atoms with Crippen molar-refractivity contribution in [1.29, 1.82) is 0 Å². The van der Waals surface area contributed by atoms with Crippen molar-refractivity contribution in [3.63, 3.8) is 0 Å². The molecule has 22 heavy (non-hydrogen) atoms. The minimum atomic E-state index is -0.620. The van der Waals surface area contributed by atoms with E-state index in [4.69, 9.17) is 23.2 Å². The van der Waals surface area contributed by atoms with E-state index in [1.54, 1.807) is 24.3 Å². The van der Waals surface area contributed by atoms with Crippen molar-refractivity contribution in [1.82, 2.24) is 0 Å². The molecular weight excluding hydrogens is 328 g/mol. The molecule has 0 unspecified atom stereocenters. The number of carbonyl (C=O) groups is 2. The lowest BCUT2D eigenvalue weighted by atomic mass is 10.1. The number of nitrogens with one attached hydrogen (secondary N) is 1. The average Bonchev–Trinajstić information content (AvgIpc) is 2.48. The Kier molecular flexibility index (Phi) is 5.52. The largest absolute Gasteiger partial charge is 0.324 e. The van der Waals surface area contributed by atoms with E-state index in [0.29, 0.717) is 10.6 Å². The van der Waals surface area contributed by atoms with E-state index in [1.807, 2.05) is 0 Å². The van der Waals surface area contributed by atoms with Crippen molar-refractivity contribution in [2.45, 2.75) is 12.8 Å². The van der Waals surface area contributed by atoms with Gasteiger partial charge < -0.3 is 5.32 Å². The lowest BCUT2D eigenvalue weighted by molar-refractivity contribution is -0.116. The molecule has 0 fully saturated rings. The van der Waals surface area contributed by atoms with Crippen molar-refractivity contribution in [3.05, 3.63) is 63.9 Å². The summed E-state index contributed by atoms with van der Waals surface area (Å²) in [5.41, 5.74) is 0.517. The quantitative estimate of drug-likeness (QED) is 0.800. The van der Waals surface area contributed by atoms with Crippen molar-refractivity contribution < 1.29 is 14.0 Å². The van der Waals surface area contributed by atoms with Gasteiger partial charge in [0, 0.05) is 28.5 Å². The second-order valence-electron chi connectivity index (χ2n) is 4.60. The van der Waals surface area contributed by atoms with Gasteiger partial charge in [0.2, 0.25) is 5.91 Å². The molecule has 0 aliphatic carbocycles. The molecule has 3 nitrogen and oxygen atoms in total. The number of hydrogen-bond acceptors (Lipinski definition) is 2. The number of hydrogen-bond donors (Lipinski definition) is 1. The monoisotopic (exact) mass is 339 g/mol. The third-order valence-electron chi connectivity index (χ3n) is 2.95. The van der Waals surface area contributed by atoms with E-state index in [0.717, 1.165) is 6.07 Å². The number of halogens is 3. The standard InChI is InChI=1S/C16H12Cl2FNO2/c17-11-3-1-10(2-4-11)15(21)7-8-16(22)20-14-6-5-12(18)9-13(14)19/h1-6,9H,7-8H2,(H,20,22). The molecule has 0 heterocycles. The summed E-state index contributed by atoms with van der Waals surface area (Å²) >= 11 is 11.4. The van der Waals surface area contributed by atoms with E-state index in [-0.39, 0.29) is 29.3 Å². The van der Waals surface area contributed by atoms with Crippen LogP contribution < -0.4 is 5.32 Å². The second kappa shape index (κ2) is 7.38. The Hall–Kier alpha value is -1.91. The van der Waals surface area contributed by atoms with Crippen LogP contribution in [0.3, 0.4) is 0 Å². The third-order valence-corrected chi connectivity index (χ3v) is 3.44. The molecule has 0 atom stereocenters. The van der Waals surface area contributed by atoms with Crippen LogP contribution in [0.15, 0.2) is 42.5 Å². The van der Waals surface area contributed by atoms with Crippen molar-refractivity contribution >= 4 is 40.6 Å². The fourth-order valence-electron chi connectivity index (χ4n) is 1.81. The summed E-state index contributed by atoms with van der Waals surface area (Å²) in [7, 11) is 0. The molecule has 2 aromatic carbocycles. The van der Waals surface area contributed by atoms with Gasteiger partial charge in [0.05, 0.1) is 5.69 Å². The van der Waals surface area contributed by atoms with Gasteiger partial charge in [0.1, 0.15) is 5.82 Å². The molecule has 0 bridgehead atoms. The smallest absolute Gasteiger partial charge is 0.224 e. The van der Waals surface area contributed by atoms with Crippen LogP contribution in [0.25, 0.3) is 0 Å². The third kappa shape index (κ3) is 4.55. The van der Waals surface area contributed by atoms with Gasteiger partial charge in [0.15, 0.2) is 5.78 Å². The molecule has 0 radical (unpaired) electrons. The summed E-state index contributed by atoms with van der Waals surface area (Å²) < 4.78 is 13.5. The Morgan fingerprint density at radius 2 is 1.59 bits per heavy atom. The highest BCUT2D eigenvalue weighted by molar-refractivity contribution is 6.31. The first kappa shape index (κ1) is 16.5. The zero-order chi connectivity index (χ0) is 16.1. The zero-order valence-corrected chi connectivity index (χ0v) is 12.9. The summed E-state index contributed by atoms with van der Waals surface area (Å²) in [6.07, 6.45) is -0.00774. The number of ketones is 1. The predicted molar refractivity (Wildman–Crippen MR) is 85.1 cm³/mol. The summed E-state index contributed by atoms with van der Waals surface area (Å²) in [6.45, 7) is 0. The van der Waals surface area contributed by atoms with Crippen LogP contribution in [0.5, 0.6) is 0 Å². The Bertz CT molecular complexity index is 702. The Labute approximate surface area is 137 Å². The van der Waals surface area contributed by atoms with Gasteiger partial charge >= 0.3 is 0 Å². The van der Waals surface area contributed by atoms with Crippen LogP contribution in [0.4, 0.5) is 10.1 Å². The van der Waals surface area contributed by atoms with Gasteiger partial charge in [-0.1, -0.05) is 23.2 Å². The van der Waals surface area contributed by atoms with Crippen LogP contribution in [0, 0.1) is 5.82 Å². The second-order valence-corrected chi connectivity index (χ2v) is 5.48. The maximum atomic E-state index is 13.5. The Morgan fingerprint density at radius 1 is 0.955 bits per heavy atom. The lowest BCUT2D eigenvalue weighted by Gasteiger charge is -2.06. The highest BCUT2D eigenvalue weighted by Crippen LogP contribution is 2.19. The molecule has 0 saturated heterocycles. The molecule has 6 heteroatoms. The minimum absolute atomic E-state index is 0.0304. The molecule has 0 saturated carbocycles. The average molecular weight is 340 g/mol. The molecule has 1 amide bonds. The van der Waals surface area contributed by atoms with Crippen LogP contribution in [0.2, 0.25) is 10.0 Å². The summed E-state index contributed by atoms with van der Waals surface area (Å²) in [4.78, 5) is 23.7. The van der Waals surface area contributed by atoms with E-state index in [1.165, 1.54) is 12.1 Å². The lowest BCUT2D eigenvalue weighted by Crippen LogP contribution is -2.14. The van der Waals surface area contributed by atoms with Crippen LogP contribution in [-0.4, -0.2) is 11.7 Å². The van der Waals surface area contributed by atoms with Crippen LogP contribution in [0.1, 0.15) is 23.2 Å². The van der Waals surface area contributed by atoms with Crippen molar-refractivity contribution in [3.8, 4) is 0 Å². The summed E-state index contributed by atoms with van der Waals surface area (Å²) in [5.74, 6) is -1.24. The molecule has 114 valence electrons. The fraction of sp³-hybridized carbons (Fsp3) is 0.125. The van der Waals surface area contributed by atoms with Crippen molar-refractivity contribution in [2.75, 3.05) is 5.32 Å². The van der Waals surface area contributed by atoms with Gasteiger partial charge in [-0.2, -0.15) is 0 Å². The maximum absolute atomic E-state index is 13.5. The molecule has 0 aliphatic rings. The highest BCUT2D eigenvalue weighted by Gasteiger charge is 2.11. The normalized spacial score (nSPS) is 10.3.